The van der Waals surface area contributed by atoms with Crippen LogP contribution in [0.15, 0.2) is 24.3 Å². The molecule has 6 unspecified atom stereocenters. The first-order valence-electron chi connectivity index (χ1n) is 20.4. The molecule has 4 N–H and O–H groups in total. The molecular weight excluding hydrogens is 636 g/mol. The van der Waals surface area contributed by atoms with Gasteiger partial charge in [-0.3, -0.25) is 4.79 Å². The van der Waals surface area contributed by atoms with Crippen LogP contribution in [0, 0.1) is 0 Å². The summed E-state index contributed by atoms with van der Waals surface area (Å²) in [7, 11) is 0. The number of aliphatic hydroxyl groups is 4. The quantitative estimate of drug-likeness (QED) is 0.0296. The van der Waals surface area contributed by atoms with Gasteiger partial charge in [0.1, 0.15) is 30.5 Å². The zero-order valence-corrected chi connectivity index (χ0v) is 31.9. The number of carbonyl (C=O) groups is 1. The third kappa shape index (κ3) is 24.8. The van der Waals surface area contributed by atoms with Crippen molar-refractivity contribution in [3.05, 3.63) is 24.3 Å². The Labute approximate surface area is 305 Å². The minimum atomic E-state index is -1.54. The maximum Gasteiger partial charge on any atom is 0.306 e. The fourth-order valence-electron chi connectivity index (χ4n) is 6.12. The number of allylic oxidation sites excluding steroid dienone is 4. The average Bonchev–Trinajstić information content (AvgIpc) is 3.11. The standard InChI is InChI=1S/C41H76O9/c1-3-5-7-9-11-13-15-17-19-21-23-25-27-29-31-47-33-35(34-48-41-40(46)39(45)38(44)36(32-42)50-41)49-37(43)30-28-26-24-22-20-18-16-14-12-10-8-6-4-2/h8,10,14,16,35-36,38-42,44-46H,3-7,9,11-13,15,17-34H2,1-2H3/b10-8-,16-14-. The van der Waals surface area contributed by atoms with Crippen LogP contribution in [0.3, 0.4) is 0 Å². The van der Waals surface area contributed by atoms with Crippen LogP contribution in [-0.4, -0.2) is 89.6 Å². The van der Waals surface area contributed by atoms with Gasteiger partial charge in [-0.15, -0.1) is 0 Å². The second kappa shape index (κ2) is 33.5. The van der Waals surface area contributed by atoms with Crippen molar-refractivity contribution in [2.24, 2.45) is 0 Å². The monoisotopic (exact) mass is 713 g/mol. The highest BCUT2D eigenvalue weighted by atomic mass is 16.7. The molecule has 50 heavy (non-hydrogen) atoms. The van der Waals surface area contributed by atoms with Crippen molar-refractivity contribution in [3.63, 3.8) is 0 Å². The summed E-state index contributed by atoms with van der Waals surface area (Å²) in [5.41, 5.74) is 0. The lowest BCUT2D eigenvalue weighted by molar-refractivity contribution is -0.305. The summed E-state index contributed by atoms with van der Waals surface area (Å²) in [4.78, 5) is 12.7. The van der Waals surface area contributed by atoms with Gasteiger partial charge in [-0.2, -0.15) is 0 Å². The van der Waals surface area contributed by atoms with Crippen LogP contribution in [0.5, 0.6) is 0 Å². The molecule has 1 aliphatic rings. The maximum absolute atomic E-state index is 12.7. The molecule has 0 radical (unpaired) electrons. The summed E-state index contributed by atoms with van der Waals surface area (Å²) >= 11 is 0. The Morgan fingerprint density at radius 2 is 1.20 bits per heavy atom. The van der Waals surface area contributed by atoms with E-state index in [1.807, 2.05) is 0 Å². The molecule has 294 valence electrons. The highest BCUT2D eigenvalue weighted by molar-refractivity contribution is 5.69. The Balaban J connectivity index is 2.31. The number of hydrogen-bond donors (Lipinski definition) is 4. The summed E-state index contributed by atoms with van der Waals surface area (Å²) in [5, 5.41) is 40.0. The van der Waals surface area contributed by atoms with Crippen molar-refractivity contribution in [3.8, 4) is 0 Å². The molecule has 1 rings (SSSR count). The van der Waals surface area contributed by atoms with Crippen molar-refractivity contribution < 1.29 is 44.2 Å². The Bertz CT molecular complexity index is 818. The first kappa shape index (κ1) is 46.7. The van der Waals surface area contributed by atoms with E-state index in [1.165, 1.54) is 83.5 Å². The number of esters is 1. The highest BCUT2D eigenvalue weighted by Crippen LogP contribution is 2.22. The zero-order chi connectivity index (χ0) is 36.5. The molecule has 1 aliphatic heterocycles. The molecule has 1 saturated heterocycles. The minimum absolute atomic E-state index is 0.116. The second-order valence-corrected chi connectivity index (χ2v) is 14.1. The zero-order valence-electron chi connectivity index (χ0n) is 31.9. The Morgan fingerprint density at radius 1 is 0.640 bits per heavy atom. The van der Waals surface area contributed by atoms with E-state index < -0.39 is 43.4 Å². The van der Waals surface area contributed by atoms with Gasteiger partial charge in [0.2, 0.25) is 0 Å². The van der Waals surface area contributed by atoms with Gasteiger partial charge in [0.25, 0.3) is 0 Å². The normalized spacial score (nSPS) is 21.8. The van der Waals surface area contributed by atoms with Gasteiger partial charge in [-0.1, -0.05) is 147 Å². The van der Waals surface area contributed by atoms with Crippen molar-refractivity contribution in [2.75, 3.05) is 26.4 Å². The van der Waals surface area contributed by atoms with Crippen molar-refractivity contribution in [1.29, 1.82) is 0 Å². The third-order valence-corrected chi connectivity index (χ3v) is 9.35. The fraction of sp³-hybridized carbons (Fsp3) is 0.878. The van der Waals surface area contributed by atoms with Crippen molar-refractivity contribution in [1.82, 2.24) is 0 Å². The van der Waals surface area contributed by atoms with Crippen LogP contribution in [0.2, 0.25) is 0 Å². The smallest absolute Gasteiger partial charge is 0.306 e. The van der Waals surface area contributed by atoms with Gasteiger partial charge in [0.05, 0.1) is 19.8 Å². The molecule has 0 spiro atoms. The first-order valence-corrected chi connectivity index (χ1v) is 20.4. The van der Waals surface area contributed by atoms with Gasteiger partial charge < -0.3 is 39.4 Å². The molecule has 1 heterocycles. The lowest BCUT2D eigenvalue weighted by Gasteiger charge is -2.39. The predicted molar refractivity (Wildman–Crippen MR) is 201 cm³/mol. The van der Waals surface area contributed by atoms with Crippen LogP contribution in [-0.2, 0) is 23.7 Å². The topological polar surface area (TPSA) is 135 Å². The largest absolute Gasteiger partial charge is 0.457 e. The summed E-state index contributed by atoms with van der Waals surface area (Å²) in [6.07, 6.45) is 29.1. The third-order valence-electron chi connectivity index (χ3n) is 9.35. The predicted octanol–water partition coefficient (Wildman–Crippen LogP) is 8.25. The number of unbranched alkanes of at least 4 members (excludes halogenated alkanes) is 19. The molecule has 0 aromatic rings. The first-order chi connectivity index (χ1) is 24.4. The SMILES string of the molecule is CCC/C=C\C/C=C\CCCCCCCC(=O)OC(COCCCCCCCCCCCCCCCC)COC1OC(CO)C(O)C(O)C1O. The van der Waals surface area contributed by atoms with E-state index in [-0.39, 0.29) is 19.2 Å². The number of hydrogen-bond acceptors (Lipinski definition) is 9. The van der Waals surface area contributed by atoms with Gasteiger partial charge in [-0.05, 0) is 38.5 Å². The number of carbonyl (C=O) groups excluding carboxylic acids is 1. The van der Waals surface area contributed by atoms with Gasteiger partial charge in [-0.25, -0.2) is 0 Å². The summed E-state index contributed by atoms with van der Waals surface area (Å²) in [6.45, 7) is 4.48. The molecule has 1 fully saturated rings. The lowest BCUT2D eigenvalue weighted by Crippen LogP contribution is -2.59. The second-order valence-electron chi connectivity index (χ2n) is 14.1. The molecule has 0 aliphatic carbocycles. The summed E-state index contributed by atoms with van der Waals surface area (Å²) in [6, 6.07) is 0. The van der Waals surface area contributed by atoms with Crippen LogP contribution in [0.4, 0.5) is 0 Å². The fourth-order valence-corrected chi connectivity index (χ4v) is 6.12. The van der Waals surface area contributed by atoms with E-state index in [1.54, 1.807) is 0 Å². The molecule has 0 bridgehead atoms. The number of aliphatic hydroxyl groups excluding tert-OH is 4. The van der Waals surface area contributed by atoms with E-state index in [0.717, 1.165) is 64.2 Å². The summed E-state index contributed by atoms with van der Waals surface area (Å²) in [5.74, 6) is -0.327. The Hall–Kier alpha value is -1.33. The Morgan fingerprint density at radius 3 is 1.80 bits per heavy atom. The average molecular weight is 713 g/mol. The van der Waals surface area contributed by atoms with E-state index in [4.69, 9.17) is 18.9 Å². The van der Waals surface area contributed by atoms with Gasteiger partial charge in [0, 0.05) is 13.0 Å². The molecule has 9 heteroatoms. The molecule has 9 nitrogen and oxygen atoms in total. The number of rotatable bonds is 34. The lowest BCUT2D eigenvalue weighted by atomic mass is 9.99. The maximum atomic E-state index is 12.7. The van der Waals surface area contributed by atoms with Crippen LogP contribution in [0.1, 0.15) is 168 Å². The molecule has 0 aromatic heterocycles. The highest BCUT2D eigenvalue weighted by Gasteiger charge is 2.44. The molecule has 0 saturated carbocycles. The van der Waals surface area contributed by atoms with Crippen LogP contribution in [0.25, 0.3) is 0 Å². The van der Waals surface area contributed by atoms with Crippen LogP contribution >= 0.6 is 0 Å². The van der Waals surface area contributed by atoms with E-state index >= 15 is 0 Å². The Kier molecular flexibility index (Phi) is 31.3. The van der Waals surface area contributed by atoms with Crippen LogP contribution < -0.4 is 0 Å². The van der Waals surface area contributed by atoms with Gasteiger partial charge in [0.15, 0.2) is 6.29 Å². The molecule has 0 amide bonds. The van der Waals surface area contributed by atoms with E-state index in [9.17, 15) is 25.2 Å². The molecular formula is C41H76O9. The van der Waals surface area contributed by atoms with E-state index in [0.29, 0.717) is 13.0 Å². The van der Waals surface area contributed by atoms with E-state index in [2.05, 4.69) is 38.2 Å². The van der Waals surface area contributed by atoms with Crippen molar-refractivity contribution in [2.45, 2.75) is 205 Å². The number of ether oxygens (including phenoxy) is 4. The molecule has 6 atom stereocenters. The summed E-state index contributed by atoms with van der Waals surface area (Å²) < 4.78 is 22.7. The minimum Gasteiger partial charge on any atom is -0.457 e. The van der Waals surface area contributed by atoms with Crippen molar-refractivity contribution >= 4 is 5.97 Å². The van der Waals surface area contributed by atoms with Gasteiger partial charge >= 0.3 is 5.97 Å². The molecule has 0 aromatic carbocycles.